The lowest BCUT2D eigenvalue weighted by atomic mass is 10.2. The van der Waals surface area contributed by atoms with Crippen LogP contribution in [0.25, 0.3) is 0 Å². The molecule has 0 fully saturated rings. The van der Waals surface area contributed by atoms with Crippen molar-refractivity contribution in [3.63, 3.8) is 0 Å². The molecule has 0 unspecified atom stereocenters. The minimum Gasteiger partial charge on any atom is -0.398 e. The first-order chi connectivity index (χ1) is 9.36. The van der Waals surface area contributed by atoms with Gasteiger partial charge in [-0.2, -0.15) is 13.2 Å². The van der Waals surface area contributed by atoms with Gasteiger partial charge in [0.05, 0.1) is 10.6 Å². The molecule has 0 saturated heterocycles. The lowest BCUT2D eigenvalue weighted by Crippen LogP contribution is -2.05. The molecule has 0 aliphatic carbocycles. The molecule has 20 heavy (non-hydrogen) atoms. The van der Waals surface area contributed by atoms with E-state index in [9.17, 15) is 17.6 Å². The summed E-state index contributed by atoms with van der Waals surface area (Å²) >= 11 is 1.19. The van der Waals surface area contributed by atoms with Crippen LogP contribution in [0.4, 0.5) is 23.2 Å². The molecule has 2 rings (SSSR count). The maximum Gasteiger partial charge on any atom is 0.417 e. The molecular weight excluding hydrogens is 292 g/mol. The standard InChI is InChI=1S/C13H10F4N2S/c14-10-2-3-11(18)8(5-10)7-20-12-4-1-9(6-19-12)13(15,16)17/h1-6H,7,18H2. The van der Waals surface area contributed by atoms with Crippen LogP contribution in [-0.4, -0.2) is 4.98 Å². The van der Waals surface area contributed by atoms with E-state index in [1.807, 2.05) is 0 Å². The minimum absolute atomic E-state index is 0.335. The van der Waals surface area contributed by atoms with Crippen LogP contribution in [0.2, 0.25) is 0 Å². The van der Waals surface area contributed by atoms with E-state index >= 15 is 0 Å². The molecule has 1 aromatic heterocycles. The van der Waals surface area contributed by atoms with Crippen molar-refractivity contribution in [1.29, 1.82) is 0 Å². The van der Waals surface area contributed by atoms with Crippen LogP contribution in [0, 0.1) is 5.82 Å². The van der Waals surface area contributed by atoms with E-state index < -0.39 is 17.6 Å². The normalized spacial score (nSPS) is 11.6. The molecule has 0 aliphatic rings. The Balaban J connectivity index is 2.06. The molecule has 0 aliphatic heterocycles. The Kier molecular flexibility index (Phi) is 4.17. The highest BCUT2D eigenvalue weighted by Gasteiger charge is 2.30. The molecule has 0 bridgehead atoms. The van der Waals surface area contributed by atoms with Crippen LogP contribution in [0.15, 0.2) is 41.6 Å². The third-order valence-electron chi connectivity index (χ3n) is 2.54. The number of anilines is 1. The summed E-state index contributed by atoms with van der Waals surface area (Å²) in [6.07, 6.45) is -3.62. The Morgan fingerprint density at radius 3 is 2.50 bits per heavy atom. The van der Waals surface area contributed by atoms with Crippen LogP contribution < -0.4 is 5.73 Å². The number of benzene rings is 1. The molecule has 0 radical (unpaired) electrons. The predicted molar refractivity (Wildman–Crippen MR) is 69.6 cm³/mol. The van der Waals surface area contributed by atoms with Crippen molar-refractivity contribution in [3.05, 3.63) is 53.5 Å². The SMILES string of the molecule is Nc1ccc(F)cc1CSc1ccc(C(F)(F)F)cn1. The smallest absolute Gasteiger partial charge is 0.398 e. The van der Waals surface area contributed by atoms with Gasteiger partial charge in [-0.3, -0.25) is 0 Å². The van der Waals surface area contributed by atoms with Gasteiger partial charge >= 0.3 is 6.18 Å². The van der Waals surface area contributed by atoms with E-state index in [-0.39, 0.29) is 0 Å². The van der Waals surface area contributed by atoms with Gasteiger partial charge in [0.1, 0.15) is 5.82 Å². The van der Waals surface area contributed by atoms with Crippen molar-refractivity contribution in [2.75, 3.05) is 5.73 Å². The molecule has 2 aromatic rings. The first-order valence-corrected chi connectivity index (χ1v) is 6.55. The highest BCUT2D eigenvalue weighted by atomic mass is 32.2. The van der Waals surface area contributed by atoms with E-state index in [4.69, 9.17) is 5.73 Å². The Bertz CT molecular complexity index is 596. The van der Waals surface area contributed by atoms with Gasteiger partial charge in [-0.1, -0.05) is 0 Å². The van der Waals surface area contributed by atoms with Gasteiger partial charge in [0.2, 0.25) is 0 Å². The van der Waals surface area contributed by atoms with Crippen molar-refractivity contribution in [2.24, 2.45) is 0 Å². The fraction of sp³-hybridized carbons (Fsp3) is 0.154. The van der Waals surface area contributed by atoms with Crippen molar-refractivity contribution in [1.82, 2.24) is 4.98 Å². The number of nitrogens with two attached hydrogens (primary N) is 1. The van der Waals surface area contributed by atoms with E-state index in [2.05, 4.69) is 4.98 Å². The molecule has 0 atom stereocenters. The Labute approximate surface area is 117 Å². The van der Waals surface area contributed by atoms with E-state index in [1.165, 1.54) is 36.0 Å². The summed E-state index contributed by atoms with van der Waals surface area (Å²) in [5.74, 6) is -0.0720. The van der Waals surface area contributed by atoms with Crippen molar-refractivity contribution in [3.8, 4) is 0 Å². The van der Waals surface area contributed by atoms with Crippen LogP contribution >= 0.6 is 11.8 Å². The average molecular weight is 302 g/mol. The third kappa shape index (κ3) is 3.63. The zero-order valence-electron chi connectivity index (χ0n) is 10.1. The zero-order chi connectivity index (χ0) is 14.8. The Morgan fingerprint density at radius 1 is 1.15 bits per heavy atom. The molecular formula is C13H10F4N2S. The number of rotatable bonds is 3. The third-order valence-corrected chi connectivity index (χ3v) is 3.54. The van der Waals surface area contributed by atoms with Gasteiger partial charge in [0.25, 0.3) is 0 Å². The molecule has 1 aromatic carbocycles. The molecule has 2 N–H and O–H groups in total. The van der Waals surface area contributed by atoms with Crippen LogP contribution in [0.1, 0.15) is 11.1 Å². The number of alkyl halides is 3. The van der Waals surface area contributed by atoms with Gasteiger partial charge in [0.15, 0.2) is 0 Å². The second kappa shape index (κ2) is 5.70. The maximum atomic E-state index is 13.1. The number of hydrogen-bond donors (Lipinski definition) is 1. The number of aromatic nitrogens is 1. The summed E-state index contributed by atoms with van der Waals surface area (Å²) in [7, 11) is 0. The average Bonchev–Trinajstić information content (AvgIpc) is 2.39. The van der Waals surface area contributed by atoms with E-state index in [1.54, 1.807) is 0 Å². The first kappa shape index (κ1) is 14.6. The van der Waals surface area contributed by atoms with Gasteiger partial charge in [-0.15, -0.1) is 11.8 Å². The first-order valence-electron chi connectivity index (χ1n) is 5.56. The Hall–Kier alpha value is -1.76. The summed E-state index contributed by atoms with van der Waals surface area (Å²) < 4.78 is 50.1. The van der Waals surface area contributed by atoms with E-state index in [0.717, 1.165) is 12.3 Å². The maximum absolute atomic E-state index is 13.1. The second-order valence-corrected chi connectivity index (χ2v) is 5.01. The summed E-state index contributed by atoms with van der Waals surface area (Å²) in [6.45, 7) is 0. The fourth-order valence-electron chi connectivity index (χ4n) is 1.48. The van der Waals surface area contributed by atoms with Gasteiger partial charge in [0, 0.05) is 17.6 Å². The molecule has 7 heteroatoms. The van der Waals surface area contributed by atoms with Gasteiger partial charge in [-0.05, 0) is 35.9 Å². The van der Waals surface area contributed by atoms with Crippen LogP contribution in [0.5, 0.6) is 0 Å². The number of nitrogens with zero attached hydrogens (tertiary/aromatic N) is 1. The Morgan fingerprint density at radius 2 is 1.90 bits per heavy atom. The molecule has 1 heterocycles. The zero-order valence-corrected chi connectivity index (χ0v) is 10.9. The summed E-state index contributed by atoms with van der Waals surface area (Å²) in [5, 5.41) is 0.418. The van der Waals surface area contributed by atoms with Crippen molar-refractivity contribution in [2.45, 2.75) is 17.0 Å². The highest BCUT2D eigenvalue weighted by molar-refractivity contribution is 7.98. The largest absolute Gasteiger partial charge is 0.417 e. The molecule has 0 spiro atoms. The number of halogens is 4. The molecule has 106 valence electrons. The second-order valence-electron chi connectivity index (χ2n) is 4.01. The summed E-state index contributed by atoms with van der Waals surface area (Å²) in [6, 6.07) is 6.24. The van der Waals surface area contributed by atoms with Crippen LogP contribution in [0.3, 0.4) is 0 Å². The van der Waals surface area contributed by atoms with E-state index in [0.29, 0.717) is 22.0 Å². The number of nitrogen functional groups attached to an aromatic ring is 1. The minimum atomic E-state index is -4.40. The number of hydrogen-bond acceptors (Lipinski definition) is 3. The predicted octanol–water partition coefficient (Wildman–Crippen LogP) is 4.11. The molecule has 0 amide bonds. The van der Waals surface area contributed by atoms with Crippen molar-refractivity contribution < 1.29 is 17.6 Å². The number of pyridine rings is 1. The quantitative estimate of drug-likeness (QED) is 0.527. The molecule has 0 saturated carbocycles. The van der Waals surface area contributed by atoms with Crippen molar-refractivity contribution >= 4 is 17.4 Å². The lowest BCUT2D eigenvalue weighted by molar-refractivity contribution is -0.137. The van der Waals surface area contributed by atoms with Crippen LogP contribution in [-0.2, 0) is 11.9 Å². The topological polar surface area (TPSA) is 38.9 Å². The summed E-state index contributed by atoms with van der Waals surface area (Å²) in [4.78, 5) is 3.72. The lowest BCUT2D eigenvalue weighted by Gasteiger charge is -2.07. The highest BCUT2D eigenvalue weighted by Crippen LogP contribution is 2.30. The monoisotopic (exact) mass is 302 g/mol. The fourth-order valence-corrected chi connectivity index (χ4v) is 2.33. The van der Waals surface area contributed by atoms with Gasteiger partial charge < -0.3 is 5.73 Å². The summed E-state index contributed by atoms with van der Waals surface area (Å²) in [5.41, 5.74) is 5.90. The van der Waals surface area contributed by atoms with Gasteiger partial charge in [-0.25, -0.2) is 9.37 Å². The number of thioether (sulfide) groups is 1. The molecule has 2 nitrogen and oxygen atoms in total.